The standard InChI is InChI=1S/C6H12O.C3H4O4/c7-6-4-2-1-3-5-6;4-2(5)1-3(6)7/h6-7H,1-5H2;1H2,(H,4,5)(H,6,7). The molecule has 0 atom stereocenters. The summed E-state index contributed by atoms with van der Waals surface area (Å²) in [5.74, 6) is -2.62. The minimum atomic E-state index is -1.31. The van der Waals surface area contributed by atoms with Crippen LogP contribution in [0, 0.1) is 0 Å². The molecule has 1 saturated carbocycles. The van der Waals surface area contributed by atoms with E-state index in [1.54, 1.807) is 0 Å². The van der Waals surface area contributed by atoms with E-state index < -0.39 is 18.4 Å². The predicted molar refractivity (Wildman–Crippen MR) is 49.0 cm³/mol. The van der Waals surface area contributed by atoms with Crippen LogP contribution in [-0.2, 0) is 9.59 Å². The van der Waals surface area contributed by atoms with Gasteiger partial charge in [0.1, 0.15) is 6.42 Å². The van der Waals surface area contributed by atoms with Crippen molar-refractivity contribution in [1.29, 1.82) is 0 Å². The Bertz CT molecular complexity index is 172. The average molecular weight is 204 g/mol. The Labute approximate surface area is 82.4 Å². The van der Waals surface area contributed by atoms with Crippen LogP contribution < -0.4 is 0 Å². The van der Waals surface area contributed by atoms with Crippen LogP contribution in [-0.4, -0.2) is 33.4 Å². The summed E-state index contributed by atoms with van der Waals surface area (Å²) in [4.78, 5) is 18.9. The Morgan fingerprint density at radius 1 is 1.00 bits per heavy atom. The van der Waals surface area contributed by atoms with Crippen LogP contribution in [0.2, 0.25) is 0 Å². The van der Waals surface area contributed by atoms with E-state index in [4.69, 9.17) is 15.3 Å². The van der Waals surface area contributed by atoms with E-state index in [1.807, 2.05) is 0 Å². The van der Waals surface area contributed by atoms with Crippen molar-refractivity contribution in [2.24, 2.45) is 0 Å². The highest BCUT2D eigenvalue weighted by Crippen LogP contribution is 2.16. The zero-order valence-corrected chi connectivity index (χ0v) is 7.98. The lowest BCUT2D eigenvalue weighted by Gasteiger charge is -2.14. The summed E-state index contributed by atoms with van der Waals surface area (Å²) >= 11 is 0. The summed E-state index contributed by atoms with van der Waals surface area (Å²) in [5.41, 5.74) is 0. The van der Waals surface area contributed by atoms with Crippen LogP contribution in [0.1, 0.15) is 38.5 Å². The molecule has 0 aromatic heterocycles. The van der Waals surface area contributed by atoms with Gasteiger partial charge in [-0.15, -0.1) is 0 Å². The van der Waals surface area contributed by atoms with Crippen molar-refractivity contribution in [2.45, 2.75) is 44.6 Å². The first-order valence-corrected chi connectivity index (χ1v) is 4.64. The topological polar surface area (TPSA) is 94.8 Å². The van der Waals surface area contributed by atoms with Crippen molar-refractivity contribution in [2.75, 3.05) is 0 Å². The van der Waals surface area contributed by atoms with Crippen molar-refractivity contribution < 1.29 is 24.9 Å². The third-order valence-electron chi connectivity index (χ3n) is 1.88. The summed E-state index contributed by atoms with van der Waals surface area (Å²) in [6.45, 7) is 0. The molecule has 0 radical (unpaired) electrons. The highest BCUT2D eigenvalue weighted by atomic mass is 16.4. The number of rotatable bonds is 2. The average Bonchev–Trinajstić information content (AvgIpc) is 2.03. The third-order valence-corrected chi connectivity index (χ3v) is 1.88. The highest BCUT2D eigenvalue weighted by molar-refractivity contribution is 5.88. The van der Waals surface area contributed by atoms with Crippen molar-refractivity contribution in [3.05, 3.63) is 0 Å². The molecule has 5 heteroatoms. The number of aliphatic carboxylic acids is 2. The Hall–Kier alpha value is -1.10. The third kappa shape index (κ3) is 8.99. The number of aliphatic hydroxyl groups is 1. The molecule has 0 aromatic rings. The van der Waals surface area contributed by atoms with Gasteiger partial charge in [0.2, 0.25) is 0 Å². The molecular formula is C9H16O5. The second kappa shape index (κ2) is 7.32. The van der Waals surface area contributed by atoms with Gasteiger partial charge < -0.3 is 15.3 Å². The number of aliphatic hydroxyl groups excluding tert-OH is 1. The zero-order valence-electron chi connectivity index (χ0n) is 7.98. The van der Waals surface area contributed by atoms with Gasteiger partial charge in [0.05, 0.1) is 6.10 Å². The molecule has 82 valence electrons. The summed E-state index contributed by atoms with van der Waals surface area (Å²) < 4.78 is 0. The Morgan fingerprint density at radius 2 is 1.43 bits per heavy atom. The molecule has 0 aromatic carbocycles. The molecule has 0 unspecified atom stereocenters. The van der Waals surface area contributed by atoms with E-state index in [2.05, 4.69) is 0 Å². The minimum absolute atomic E-state index is 0.0359. The van der Waals surface area contributed by atoms with Crippen LogP contribution in [0.3, 0.4) is 0 Å². The first-order valence-electron chi connectivity index (χ1n) is 4.64. The maximum atomic E-state index is 9.43. The monoisotopic (exact) mass is 204 g/mol. The largest absolute Gasteiger partial charge is 0.481 e. The van der Waals surface area contributed by atoms with Crippen molar-refractivity contribution in [1.82, 2.24) is 0 Å². The molecule has 0 bridgehead atoms. The van der Waals surface area contributed by atoms with Crippen LogP contribution in [0.5, 0.6) is 0 Å². The molecule has 0 heterocycles. The molecule has 1 aliphatic carbocycles. The Balaban J connectivity index is 0.000000241. The van der Waals surface area contributed by atoms with Crippen molar-refractivity contribution in [3.8, 4) is 0 Å². The van der Waals surface area contributed by atoms with Gasteiger partial charge in [-0.3, -0.25) is 9.59 Å². The lowest BCUT2D eigenvalue weighted by atomic mass is 9.98. The number of carbonyl (C=O) groups is 2. The van der Waals surface area contributed by atoms with E-state index in [-0.39, 0.29) is 6.10 Å². The minimum Gasteiger partial charge on any atom is -0.481 e. The lowest BCUT2D eigenvalue weighted by Crippen LogP contribution is -2.09. The lowest BCUT2D eigenvalue weighted by molar-refractivity contribution is -0.147. The van der Waals surface area contributed by atoms with E-state index >= 15 is 0 Å². The smallest absolute Gasteiger partial charge is 0.314 e. The predicted octanol–water partition coefficient (Wildman–Crippen LogP) is 0.857. The molecular weight excluding hydrogens is 188 g/mol. The summed E-state index contributed by atoms with van der Waals surface area (Å²) in [6.07, 6.45) is 5.12. The first kappa shape index (κ1) is 12.9. The van der Waals surface area contributed by atoms with Crippen LogP contribution in [0.15, 0.2) is 0 Å². The summed E-state index contributed by atoms with van der Waals surface area (Å²) in [6, 6.07) is 0. The fourth-order valence-electron chi connectivity index (χ4n) is 1.21. The van der Waals surface area contributed by atoms with Gasteiger partial charge in [-0.05, 0) is 12.8 Å². The number of hydrogen-bond acceptors (Lipinski definition) is 3. The number of hydrogen-bond donors (Lipinski definition) is 3. The fourth-order valence-corrected chi connectivity index (χ4v) is 1.21. The number of carboxylic acids is 2. The fraction of sp³-hybridized carbons (Fsp3) is 0.778. The second-order valence-electron chi connectivity index (χ2n) is 3.26. The van der Waals surface area contributed by atoms with Crippen LogP contribution in [0.25, 0.3) is 0 Å². The van der Waals surface area contributed by atoms with Gasteiger partial charge in [0, 0.05) is 0 Å². The molecule has 14 heavy (non-hydrogen) atoms. The van der Waals surface area contributed by atoms with E-state index in [0.717, 1.165) is 12.8 Å². The molecule has 1 fully saturated rings. The maximum Gasteiger partial charge on any atom is 0.314 e. The number of carboxylic acid groups (broad SMARTS) is 2. The highest BCUT2D eigenvalue weighted by Gasteiger charge is 2.07. The molecule has 5 nitrogen and oxygen atoms in total. The van der Waals surface area contributed by atoms with E-state index in [1.165, 1.54) is 19.3 Å². The maximum absolute atomic E-state index is 9.43. The summed E-state index contributed by atoms with van der Waals surface area (Å²) in [5, 5.41) is 24.3. The van der Waals surface area contributed by atoms with Gasteiger partial charge >= 0.3 is 11.9 Å². The second-order valence-corrected chi connectivity index (χ2v) is 3.26. The van der Waals surface area contributed by atoms with Gasteiger partial charge in [0.15, 0.2) is 0 Å². The van der Waals surface area contributed by atoms with Gasteiger partial charge in [-0.1, -0.05) is 19.3 Å². The van der Waals surface area contributed by atoms with Gasteiger partial charge in [-0.25, -0.2) is 0 Å². The molecule has 0 amide bonds. The normalized spacial score (nSPS) is 16.6. The molecule has 0 saturated heterocycles. The SMILES string of the molecule is O=C(O)CC(=O)O.OC1CCCCC1. The van der Waals surface area contributed by atoms with Gasteiger partial charge in [0.25, 0.3) is 0 Å². The summed E-state index contributed by atoms with van der Waals surface area (Å²) in [7, 11) is 0. The van der Waals surface area contributed by atoms with Crippen LogP contribution >= 0.6 is 0 Å². The molecule has 1 aliphatic rings. The van der Waals surface area contributed by atoms with Crippen molar-refractivity contribution >= 4 is 11.9 Å². The Kier molecular flexibility index (Phi) is 6.74. The van der Waals surface area contributed by atoms with E-state index in [0.29, 0.717) is 0 Å². The molecule has 3 N–H and O–H groups in total. The van der Waals surface area contributed by atoms with Crippen LogP contribution in [0.4, 0.5) is 0 Å². The van der Waals surface area contributed by atoms with E-state index in [9.17, 15) is 9.59 Å². The first-order chi connectivity index (χ1) is 6.52. The Morgan fingerprint density at radius 3 is 1.57 bits per heavy atom. The molecule has 1 rings (SSSR count). The van der Waals surface area contributed by atoms with Gasteiger partial charge in [-0.2, -0.15) is 0 Å². The molecule has 0 spiro atoms. The molecule has 0 aliphatic heterocycles. The van der Waals surface area contributed by atoms with Crippen molar-refractivity contribution in [3.63, 3.8) is 0 Å². The zero-order chi connectivity index (χ0) is 11.0. The quantitative estimate of drug-likeness (QED) is 0.580.